The maximum absolute atomic E-state index is 9.61. The molecule has 0 radical (unpaired) electrons. The number of nitrogens with two attached hydrogens (primary N) is 1. The van der Waals surface area contributed by atoms with Crippen LogP contribution in [0.25, 0.3) is 0 Å². The van der Waals surface area contributed by atoms with Crippen LogP contribution in [0.15, 0.2) is 24.3 Å². The first-order valence-electron chi connectivity index (χ1n) is 5.64. The monoisotopic (exact) mass is 239 g/mol. The summed E-state index contributed by atoms with van der Waals surface area (Å²) < 4.78 is 11.0. The molecular formula is C12H17NO4. The number of rotatable bonds is 3. The zero-order valence-electron chi connectivity index (χ0n) is 9.45. The lowest BCUT2D eigenvalue weighted by Gasteiger charge is -2.32. The molecule has 1 aromatic carbocycles. The lowest BCUT2D eigenvalue weighted by Crippen LogP contribution is -2.40. The molecule has 0 saturated carbocycles. The smallest absolute Gasteiger partial charge is 0.202 e. The van der Waals surface area contributed by atoms with Crippen molar-refractivity contribution in [3.05, 3.63) is 24.3 Å². The lowest BCUT2D eigenvalue weighted by molar-refractivity contribution is -0.184. The van der Waals surface area contributed by atoms with Crippen molar-refractivity contribution in [1.29, 1.82) is 0 Å². The van der Waals surface area contributed by atoms with E-state index in [1.165, 1.54) is 0 Å². The van der Waals surface area contributed by atoms with Crippen molar-refractivity contribution >= 4 is 5.69 Å². The number of hydrogen-bond donors (Lipinski definition) is 3. The minimum atomic E-state index is -0.528. The summed E-state index contributed by atoms with van der Waals surface area (Å²) in [7, 11) is 0. The molecule has 1 saturated heterocycles. The van der Waals surface area contributed by atoms with Crippen LogP contribution in [0.2, 0.25) is 0 Å². The quantitative estimate of drug-likeness (QED) is 0.669. The third-order valence-electron chi connectivity index (χ3n) is 2.69. The van der Waals surface area contributed by atoms with E-state index < -0.39 is 12.4 Å². The molecule has 1 heterocycles. The van der Waals surface area contributed by atoms with Crippen LogP contribution in [0.5, 0.6) is 5.75 Å². The molecule has 0 spiro atoms. The number of anilines is 1. The highest BCUT2D eigenvalue weighted by atomic mass is 16.7. The molecule has 2 unspecified atom stereocenters. The normalized spacial score (nSPS) is 28.9. The van der Waals surface area contributed by atoms with Crippen LogP contribution in [-0.4, -0.2) is 35.3 Å². The maximum atomic E-state index is 9.61. The van der Waals surface area contributed by atoms with Crippen LogP contribution in [0.4, 0.5) is 5.69 Å². The van der Waals surface area contributed by atoms with Crippen molar-refractivity contribution in [3.63, 3.8) is 0 Å². The summed E-state index contributed by atoms with van der Waals surface area (Å²) in [5, 5.41) is 18.6. The second-order valence-electron chi connectivity index (χ2n) is 4.18. The molecule has 0 aliphatic carbocycles. The van der Waals surface area contributed by atoms with Gasteiger partial charge in [0, 0.05) is 18.5 Å². The van der Waals surface area contributed by atoms with Gasteiger partial charge in [-0.05, 0) is 24.3 Å². The second-order valence-corrected chi connectivity index (χ2v) is 4.18. The van der Waals surface area contributed by atoms with Gasteiger partial charge < -0.3 is 25.4 Å². The summed E-state index contributed by atoms with van der Waals surface area (Å²) in [6.45, 7) is -0.112. The standard InChI is InChI=1S/C12H17NO4/c13-8-1-3-10(4-2-8)16-12-6-9(15)5-11(7-14)17-12/h1-4,9,11-12,14-15H,5-7,13H2/t9?,11-,12?/m0/s1. The van der Waals surface area contributed by atoms with Crippen LogP contribution in [0.1, 0.15) is 12.8 Å². The van der Waals surface area contributed by atoms with Gasteiger partial charge in [0.15, 0.2) is 0 Å². The fraction of sp³-hybridized carbons (Fsp3) is 0.500. The highest BCUT2D eigenvalue weighted by molar-refractivity contribution is 5.41. The molecule has 1 fully saturated rings. The summed E-state index contributed by atoms with van der Waals surface area (Å²) in [6.07, 6.45) is -0.546. The van der Waals surface area contributed by atoms with Crippen LogP contribution in [0.3, 0.4) is 0 Å². The van der Waals surface area contributed by atoms with Crippen molar-refractivity contribution in [2.45, 2.75) is 31.3 Å². The lowest BCUT2D eigenvalue weighted by atomic mass is 10.1. The van der Waals surface area contributed by atoms with Gasteiger partial charge >= 0.3 is 0 Å². The number of nitrogen functional groups attached to an aromatic ring is 1. The Hall–Kier alpha value is -1.30. The minimum Gasteiger partial charge on any atom is -0.465 e. The zero-order chi connectivity index (χ0) is 12.3. The van der Waals surface area contributed by atoms with Crippen LogP contribution < -0.4 is 10.5 Å². The molecule has 0 bridgehead atoms. The van der Waals surface area contributed by atoms with Crippen molar-refractivity contribution in [2.75, 3.05) is 12.3 Å². The van der Waals surface area contributed by atoms with Crippen LogP contribution in [-0.2, 0) is 4.74 Å². The van der Waals surface area contributed by atoms with Gasteiger partial charge in [0.2, 0.25) is 6.29 Å². The molecule has 1 aromatic rings. The van der Waals surface area contributed by atoms with Crippen molar-refractivity contribution < 1.29 is 19.7 Å². The van der Waals surface area contributed by atoms with Gasteiger partial charge in [-0.25, -0.2) is 0 Å². The zero-order valence-corrected chi connectivity index (χ0v) is 9.45. The van der Waals surface area contributed by atoms with Gasteiger partial charge in [0.25, 0.3) is 0 Å². The molecule has 1 aliphatic rings. The predicted molar refractivity (Wildman–Crippen MR) is 62.5 cm³/mol. The number of aliphatic hydroxyl groups is 2. The number of benzene rings is 1. The van der Waals surface area contributed by atoms with Crippen molar-refractivity contribution in [3.8, 4) is 5.75 Å². The Balaban J connectivity index is 1.95. The fourth-order valence-corrected chi connectivity index (χ4v) is 1.84. The van der Waals surface area contributed by atoms with E-state index >= 15 is 0 Å². The Morgan fingerprint density at radius 2 is 2.00 bits per heavy atom. The molecule has 0 aromatic heterocycles. The Labute approximate surface area is 99.8 Å². The molecule has 4 N–H and O–H groups in total. The van der Waals surface area contributed by atoms with E-state index in [1.807, 2.05) is 0 Å². The SMILES string of the molecule is Nc1ccc(OC2CC(O)C[C@@H](CO)O2)cc1. The third-order valence-corrected chi connectivity index (χ3v) is 2.69. The van der Waals surface area contributed by atoms with E-state index in [0.29, 0.717) is 24.3 Å². The fourth-order valence-electron chi connectivity index (χ4n) is 1.84. The summed E-state index contributed by atoms with van der Waals surface area (Å²) in [5.41, 5.74) is 6.23. The van der Waals surface area contributed by atoms with E-state index in [2.05, 4.69) is 0 Å². The minimum absolute atomic E-state index is 0.112. The first-order valence-corrected chi connectivity index (χ1v) is 5.64. The number of ether oxygens (including phenoxy) is 2. The first-order chi connectivity index (χ1) is 8.17. The van der Waals surface area contributed by atoms with Gasteiger partial charge in [0.1, 0.15) is 5.75 Å². The summed E-state index contributed by atoms with van der Waals surface area (Å²) >= 11 is 0. The van der Waals surface area contributed by atoms with E-state index in [-0.39, 0.29) is 12.7 Å². The molecule has 5 nitrogen and oxygen atoms in total. The van der Waals surface area contributed by atoms with Gasteiger partial charge in [-0.15, -0.1) is 0 Å². The molecule has 3 atom stereocenters. The summed E-state index contributed by atoms with van der Waals surface area (Å²) in [5.74, 6) is 0.634. The summed E-state index contributed by atoms with van der Waals surface area (Å²) in [6, 6.07) is 6.96. The molecule has 1 aliphatic heterocycles. The average Bonchev–Trinajstić information content (AvgIpc) is 2.31. The van der Waals surface area contributed by atoms with Gasteiger partial charge in [-0.2, -0.15) is 0 Å². The van der Waals surface area contributed by atoms with E-state index in [1.54, 1.807) is 24.3 Å². The van der Waals surface area contributed by atoms with Gasteiger partial charge in [-0.1, -0.05) is 0 Å². The maximum Gasteiger partial charge on any atom is 0.202 e. The van der Waals surface area contributed by atoms with Crippen molar-refractivity contribution in [1.82, 2.24) is 0 Å². The Bertz CT molecular complexity index is 354. The summed E-state index contributed by atoms with van der Waals surface area (Å²) in [4.78, 5) is 0. The molecule has 94 valence electrons. The highest BCUT2D eigenvalue weighted by Gasteiger charge is 2.29. The molecule has 2 rings (SSSR count). The number of aliphatic hydroxyl groups excluding tert-OH is 2. The first kappa shape index (κ1) is 12.2. The van der Waals surface area contributed by atoms with Gasteiger partial charge in [-0.3, -0.25) is 0 Å². The van der Waals surface area contributed by atoms with Gasteiger partial charge in [0.05, 0.1) is 18.8 Å². The molecule has 17 heavy (non-hydrogen) atoms. The number of hydrogen-bond acceptors (Lipinski definition) is 5. The van der Waals surface area contributed by atoms with E-state index in [4.69, 9.17) is 20.3 Å². The predicted octanol–water partition coefficient (Wildman–Crippen LogP) is 0.506. The Kier molecular flexibility index (Phi) is 3.83. The molecule has 5 heteroatoms. The van der Waals surface area contributed by atoms with E-state index in [0.717, 1.165) is 0 Å². The largest absolute Gasteiger partial charge is 0.465 e. The second kappa shape index (κ2) is 5.35. The Morgan fingerprint density at radius 3 is 2.65 bits per heavy atom. The molecule has 0 amide bonds. The molecular weight excluding hydrogens is 222 g/mol. The highest BCUT2D eigenvalue weighted by Crippen LogP contribution is 2.23. The van der Waals surface area contributed by atoms with Crippen LogP contribution >= 0.6 is 0 Å². The average molecular weight is 239 g/mol. The van der Waals surface area contributed by atoms with Crippen molar-refractivity contribution in [2.24, 2.45) is 0 Å². The Morgan fingerprint density at radius 1 is 1.29 bits per heavy atom. The van der Waals surface area contributed by atoms with Crippen LogP contribution in [0, 0.1) is 0 Å². The third kappa shape index (κ3) is 3.33. The topological polar surface area (TPSA) is 84.9 Å². The van der Waals surface area contributed by atoms with E-state index in [9.17, 15) is 5.11 Å².